The summed E-state index contributed by atoms with van der Waals surface area (Å²) in [5.74, 6) is 0. The quantitative estimate of drug-likeness (QED) is 0.482. The molecule has 0 radical (unpaired) electrons. The summed E-state index contributed by atoms with van der Waals surface area (Å²) in [6.07, 6.45) is 2.31. The van der Waals surface area contributed by atoms with E-state index in [-0.39, 0.29) is 0 Å². The zero-order chi connectivity index (χ0) is 10.1. The largest absolute Gasteiger partial charge is 0.488 e. The van der Waals surface area contributed by atoms with E-state index in [1.165, 1.54) is 0 Å². The van der Waals surface area contributed by atoms with E-state index >= 15 is 0 Å². The highest BCUT2D eigenvalue weighted by Gasteiger charge is 2.12. The Balaban J connectivity index is 2.61. The molecule has 0 bridgehead atoms. The molecule has 1 heterocycles. The van der Waals surface area contributed by atoms with Crippen LogP contribution in [0.25, 0.3) is 11.0 Å². The van der Waals surface area contributed by atoms with E-state index in [0.29, 0.717) is 11.8 Å². The number of rotatable bonds is 2. The second-order valence-corrected chi connectivity index (χ2v) is 4.92. The van der Waals surface area contributed by atoms with Crippen LogP contribution in [0.5, 0.6) is 0 Å². The number of hydrogen-bond donors (Lipinski definition) is 2. The zero-order valence-corrected chi connectivity index (χ0v) is 10.2. The summed E-state index contributed by atoms with van der Waals surface area (Å²) >= 11 is 2.25. The highest BCUT2D eigenvalue weighted by molar-refractivity contribution is 14.2. The van der Waals surface area contributed by atoms with Gasteiger partial charge in [0.1, 0.15) is 0 Å². The van der Waals surface area contributed by atoms with Gasteiger partial charge in [0.15, 0.2) is 0 Å². The first-order chi connectivity index (χ1) is 6.72. The fraction of sp³-hybridized carbons (Fsp3) is 0. The Labute approximate surface area is 95.8 Å². The topological polar surface area (TPSA) is 58.3 Å². The number of halogens is 1. The minimum absolute atomic E-state index is 0.494. The van der Waals surface area contributed by atoms with Gasteiger partial charge in [-0.05, 0) is 39.6 Å². The predicted molar refractivity (Wildman–Crippen MR) is 67.3 cm³/mol. The maximum Gasteiger partial charge on any atom is 0.488 e. The third-order valence-electron chi connectivity index (χ3n) is 1.96. The van der Waals surface area contributed by atoms with Crippen molar-refractivity contribution in [2.45, 2.75) is 0 Å². The maximum atomic E-state index is 9.01. The lowest BCUT2D eigenvalue weighted by atomic mass is 9.80. The van der Waals surface area contributed by atoms with Crippen molar-refractivity contribution in [3.8, 4) is 0 Å². The van der Waals surface area contributed by atoms with E-state index in [1.54, 1.807) is 24.5 Å². The lowest BCUT2D eigenvalue weighted by molar-refractivity contribution is 0.426. The third kappa shape index (κ3) is 1.79. The molecule has 0 aliphatic heterocycles. The zero-order valence-electron chi connectivity index (χ0n) is 7.05. The van der Waals surface area contributed by atoms with E-state index < -0.39 is 7.12 Å². The van der Waals surface area contributed by atoms with Crippen molar-refractivity contribution in [2.24, 2.45) is 0 Å². The van der Waals surface area contributed by atoms with Gasteiger partial charge in [-0.3, -0.25) is 0 Å². The summed E-state index contributed by atoms with van der Waals surface area (Å²) in [5.41, 5.74) is 2.30. The molecular formula is C7H7BIN2O2P. The van der Waals surface area contributed by atoms with Crippen molar-refractivity contribution >= 4 is 52.0 Å². The van der Waals surface area contributed by atoms with Crippen molar-refractivity contribution in [3.63, 3.8) is 0 Å². The molecule has 0 aliphatic carbocycles. The summed E-state index contributed by atoms with van der Waals surface area (Å²) < 4.78 is 1.97. The van der Waals surface area contributed by atoms with Gasteiger partial charge in [0, 0.05) is 6.37 Å². The average Bonchev–Trinajstić information content (AvgIpc) is 2.59. The molecule has 2 N–H and O–H groups in total. The summed E-state index contributed by atoms with van der Waals surface area (Å²) in [5, 5.41) is 18.0. The fourth-order valence-corrected chi connectivity index (χ4v) is 2.78. The lowest BCUT2D eigenvalue weighted by Gasteiger charge is -2.01. The Bertz CT molecular complexity index is 462. The van der Waals surface area contributed by atoms with Crippen LogP contribution in [0.15, 0.2) is 24.5 Å². The maximum absolute atomic E-state index is 9.01. The number of imidazole rings is 1. The molecule has 72 valence electrons. The van der Waals surface area contributed by atoms with Crippen LogP contribution in [-0.2, 0) is 0 Å². The van der Waals surface area contributed by atoms with Crippen LogP contribution < -0.4 is 5.46 Å². The molecule has 0 spiro atoms. The third-order valence-corrected chi connectivity index (χ3v) is 4.06. The number of hydrogen-bond acceptors (Lipinski definition) is 3. The number of nitrogens with zero attached hydrogens (tertiary/aromatic N) is 2. The van der Waals surface area contributed by atoms with Crippen molar-refractivity contribution in [3.05, 3.63) is 24.5 Å². The Morgan fingerprint density at radius 3 is 2.86 bits per heavy atom. The Kier molecular flexibility index (Phi) is 3.06. The fourth-order valence-electron chi connectivity index (χ4n) is 1.25. The summed E-state index contributed by atoms with van der Waals surface area (Å²) in [6, 6.07) is 5.21. The van der Waals surface area contributed by atoms with E-state index in [9.17, 15) is 0 Å². The molecule has 0 saturated heterocycles. The van der Waals surface area contributed by atoms with Crippen molar-refractivity contribution in [1.29, 1.82) is 0 Å². The van der Waals surface area contributed by atoms with Gasteiger partial charge in [0.05, 0.1) is 17.4 Å². The van der Waals surface area contributed by atoms with Crippen molar-refractivity contribution in [1.82, 2.24) is 9.32 Å². The Morgan fingerprint density at radius 2 is 2.21 bits per heavy atom. The Morgan fingerprint density at radius 1 is 1.43 bits per heavy atom. The molecule has 1 unspecified atom stereocenters. The van der Waals surface area contributed by atoms with Crippen LogP contribution in [0.4, 0.5) is 0 Å². The van der Waals surface area contributed by atoms with Crippen LogP contribution in [0, 0.1) is 0 Å². The molecule has 1 aromatic heterocycles. The van der Waals surface area contributed by atoms with Crippen LogP contribution in [0.3, 0.4) is 0 Å². The van der Waals surface area contributed by atoms with Gasteiger partial charge >= 0.3 is 7.12 Å². The van der Waals surface area contributed by atoms with Gasteiger partial charge < -0.3 is 14.4 Å². The van der Waals surface area contributed by atoms with E-state index in [0.717, 1.165) is 11.0 Å². The van der Waals surface area contributed by atoms with Crippen molar-refractivity contribution in [2.75, 3.05) is 0 Å². The number of aromatic nitrogens is 2. The van der Waals surface area contributed by atoms with Gasteiger partial charge in [-0.25, -0.2) is 4.98 Å². The molecule has 7 heteroatoms. The smallest absolute Gasteiger partial charge is 0.423 e. The monoisotopic (exact) mass is 320 g/mol. The normalized spacial score (nSPS) is 11.6. The molecular weight excluding hydrogens is 313 g/mol. The predicted octanol–water partition coefficient (Wildman–Crippen LogP) is 0.508. The van der Waals surface area contributed by atoms with Gasteiger partial charge in [-0.15, -0.1) is 0 Å². The van der Waals surface area contributed by atoms with Crippen molar-refractivity contribution < 1.29 is 10.0 Å². The molecule has 1 aromatic carbocycles. The highest BCUT2D eigenvalue weighted by Crippen LogP contribution is 2.27. The molecule has 1 atom stereocenters. The first kappa shape index (κ1) is 10.4. The summed E-state index contributed by atoms with van der Waals surface area (Å²) in [6.45, 7) is 0. The average molecular weight is 320 g/mol. The number of benzene rings is 1. The number of fused-ring (bicyclic) bond motifs is 1. The second kappa shape index (κ2) is 4.14. The van der Waals surface area contributed by atoms with Gasteiger partial charge in [0.2, 0.25) is 0 Å². The van der Waals surface area contributed by atoms with E-state index in [4.69, 9.17) is 10.0 Å². The van der Waals surface area contributed by atoms with Crippen LogP contribution in [-0.4, -0.2) is 26.5 Å². The van der Waals surface area contributed by atoms with E-state index in [2.05, 4.69) is 27.0 Å². The van der Waals surface area contributed by atoms with Crippen LogP contribution in [0.2, 0.25) is 0 Å². The summed E-state index contributed by atoms with van der Waals surface area (Å²) in [7, 11) is -1.42. The molecule has 0 saturated carbocycles. The van der Waals surface area contributed by atoms with Crippen LogP contribution >= 0.6 is 28.4 Å². The first-order valence-electron chi connectivity index (χ1n) is 3.92. The molecule has 14 heavy (non-hydrogen) atoms. The molecule has 4 nitrogen and oxygen atoms in total. The molecule has 0 fully saturated rings. The van der Waals surface area contributed by atoms with Gasteiger partial charge in [-0.2, -0.15) is 0 Å². The second-order valence-electron chi connectivity index (χ2n) is 2.82. The molecule has 0 aliphatic rings. The SMILES string of the molecule is OB(O)c1ccc2ncn(PI)c2c1. The highest BCUT2D eigenvalue weighted by atomic mass is 127. The standard InChI is InChI=1S/C7H7BIN2O2P/c9-14-11-4-10-6-2-1-5(8(12)13)3-7(6)11/h1-4,12-14H. The Hall–Kier alpha value is -0.165. The molecule has 0 amide bonds. The van der Waals surface area contributed by atoms with Crippen LogP contribution in [0.1, 0.15) is 0 Å². The van der Waals surface area contributed by atoms with E-state index in [1.807, 2.05) is 4.34 Å². The minimum Gasteiger partial charge on any atom is -0.423 e. The van der Waals surface area contributed by atoms with Gasteiger partial charge in [-0.1, -0.05) is 6.07 Å². The first-order valence-corrected chi connectivity index (χ1v) is 7.98. The molecule has 2 aromatic rings. The lowest BCUT2D eigenvalue weighted by Crippen LogP contribution is -2.29. The van der Waals surface area contributed by atoms with Gasteiger partial charge in [0.25, 0.3) is 0 Å². The minimum atomic E-state index is -1.42. The summed E-state index contributed by atoms with van der Waals surface area (Å²) in [4.78, 5) is 4.19. The molecule has 2 rings (SSSR count).